The van der Waals surface area contributed by atoms with Crippen LogP contribution >= 0.6 is 0 Å². The highest BCUT2D eigenvalue weighted by atomic mass is 16.5. The number of aryl methyl sites for hydroxylation is 2. The molecule has 0 fully saturated rings. The number of benzene rings is 1. The molecule has 0 atom stereocenters. The molecule has 1 heterocycles. The third-order valence-electron chi connectivity index (χ3n) is 2.21. The molecule has 2 rings (SSSR count). The molecule has 5 nitrogen and oxygen atoms in total. The number of rotatable bonds is 2. The zero-order chi connectivity index (χ0) is 12.4. The number of ether oxygens (including phenoxy) is 1. The van der Waals surface area contributed by atoms with Crippen LogP contribution in [-0.4, -0.2) is 9.97 Å². The second-order valence-electron chi connectivity index (χ2n) is 3.86. The number of aromatic amines is 2. The van der Waals surface area contributed by atoms with E-state index in [9.17, 15) is 9.59 Å². The fourth-order valence-corrected chi connectivity index (χ4v) is 1.59. The predicted octanol–water partition coefficient (Wildman–Crippen LogP) is 1.47. The van der Waals surface area contributed by atoms with Gasteiger partial charge < -0.3 is 9.72 Å². The van der Waals surface area contributed by atoms with Gasteiger partial charge >= 0.3 is 5.69 Å². The summed E-state index contributed by atoms with van der Waals surface area (Å²) < 4.78 is 5.41. The van der Waals surface area contributed by atoms with Crippen molar-refractivity contribution in [3.05, 3.63) is 56.4 Å². The Labute approximate surface area is 97.1 Å². The highest BCUT2D eigenvalue weighted by Gasteiger charge is 2.04. The van der Waals surface area contributed by atoms with Gasteiger partial charge in [0.15, 0.2) is 0 Å². The molecular weight excluding hydrogens is 220 g/mol. The average molecular weight is 232 g/mol. The van der Waals surface area contributed by atoms with Crippen LogP contribution in [0.4, 0.5) is 0 Å². The van der Waals surface area contributed by atoms with E-state index in [0.29, 0.717) is 5.75 Å². The van der Waals surface area contributed by atoms with Gasteiger partial charge in [-0.15, -0.1) is 0 Å². The van der Waals surface area contributed by atoms with Crippen molar-refractivity contribution in [2.24, 2.45) is 0 Å². The number of aromatic nitrogens is 2. The first-order valence-electron chi connectivity index (χ1n) is 5.13. The molecule has 0 aliphatic carbocycles. The molecule has 0 bridgehead atoms. The molecule has 0 aliphatic heterocycles. The van der Waals surface area contributed by atoms with Crippen molar-refractivity contribution >= 4 is 0 Å². The molecule has 2 aromatic rings. The normalized spacial score (nSPS) is 10.2. The van der Waals surface area contributed by atoms with Crippen molar-refractivity contribution in [1.29, 1.82) is 0 Å². The van der Waals surface area contributed by atoms with Gasteiger partial charge in [0.05, 0.1) is 6.20 Å². The fourth-order valence-electron chi connectivity index (χ4n) is 1.59. The predicted molar refractivity (Wildman–Crippen MR) is 63.7 cm³/mol. The fraction of sp³-hybridized carbons (Fsp3) is 0.167. The molecular formula is C12H12N2O3. The van der Waals surface area contributed by atoms with Crippen molar-refractivity contribution in [1.82, 2.24) is 9.97 Å². The van der Waals surface area contributed by atoms with E-state index in [1.54, 1.807) is 0 Å². The lowest BCUT2D eigenvalue weighted by Gasteiger charge is -2.06. The summed E-state index contributed by atoms with van der Waals surface area (Å²) in [6, 6.07) is 5.64. The van der Waals surface area contributed by atoms with E-state index in [4.69, 9.17) is 4.74 Å². The molecule has 1 aromatic heterocycles. The van der Waals surface area contributed by atoms with Crippen LogP contribution in [0.15, 0.2) is 34.0 Å². The molecule has 2 N–H and O–H groups in total. The van der Waals surface area contributed by atoms with Crippen LogP contribution in [0.5, 0.6) is 11.5 Å². The van der Waals surface area contributed by atoms with Crippen LogP contribution in [0.1, 0.15) is 11.1 Å². The monoisotopic (exact) mass is 232 g/mol. The maximum atomic E-state index is 11.4. The van der Waals surface area contributed by atoms with Crippen LogP contribution in [0.25, 0.3) is 0 Å². The van der Waals surface area contributed by atoms with Gasteiger partial charge in [-0.2, -0.15) is 0 Å². The van der Waals surface area contributed by atoms with E-state index in [1.165, 1.54) is 6.20 Å². The Balaban J connectivity index is 2.38. The van der Waals surface area contributed by atoms with Crippen LogP contribution in [0.3, 0.4) is 0 Å². The third-order valence-corrected chi connectivity index (χ3v) is 2.21. The molecule has 0 radical (unpaired) electrons. The van der Waals surface area contributed by atoms with Gasteiger partial charge in [0.2, 0.25) is 5.75 Å². The zero-order valence-corrected chi connectivity index (χ0v) is 9.53. The van der Waals surface area contributed by atoms with Crippen molar-refractivity contribution in [3.8, 4) is 11.5 Å². The maximum Gasteiger partial charge on any atom is 0.325 e. The van der Waals surface area contributed by atoms with Crippen molar-refractivity contribution in [2.45, 2.75) is 13.8 Å². The van der Waals surface area contributed by atoms with Crippen LogP contribution < -0.4 is 16.0 Å². The highest BCUT2D eigenvalue weighted by molar-refractivity contribution is 5.35. The minimum Gasteiger partial charge on any atom is -0.450 e. The number of hydrogen-bond donors (Lipinski definition) is 2. The minimum atomic E-state index is -0.553. The largest absolute Gasteiger partial charge is 0.450 e. The number of hydrogen-bond acceptors (Lipinski definition) is 3. The summed E-state index contributed by atoms with van der Waals surface area (Å²) in [6.45, 7) is 3.88. The molecule has 17 heavy (non-hydrogen) atoms. The highest BCUT2D eigenvalue weighted by Crippen LogP contribution is 2.20. The van der Waals surface area contributed by atoms with E-state index >= 15 is 0 Å². The maximum absolute atomic E-state index is 11.4. The second kappa shape index (κ2) is 4.29. The van der Waals surface area contributed by atoms with E-state index in [0.717, 1.165) is 11.1 Å². The quantitative estimate of drug-likeness (QED) is 0.823. The molecule has 1 aromatic carbocycles. The Morgan fingerprint density at radius 2 is 1.71 bits per heavy atom. The van der Waals surface area contributed by atoms with Gasteiger partial charge in [0, 0.05) is 0 Å². The molecule has 0 saturated carbocycles. The van der Waals surface area contributed by atoms with E-state index < -0.39 is 11.2 Å². The molecule has 5 heteroatoms. The van der Waals surface area contributed by atoms with Gasteiger partial charge in [-0.05, 0) is 37.1 Å². The van der Waals surface area contributed by atoms with Crippen LogP contribution in [0.2, 0.25) is 0 Å². The summed E-state index contributed by atoms with van der Waals surface area (Å²) >= 11 is 0. The summed E-state index contributed by atoms with van der Waals surface area (Å²) in [7, 11) is 0. The minimum absolute atomic E-state index is 0.0644. The summed E-state index contributed by atoms with van der Waals surface area (Å²) in [5.41, 5.74) is 0.984. The Bertz CT molecular complexity index is 635. The summed E-state index contributed by atoms with van der Waals surface area (Å²) in [4.78, 5) is 26.7. The second-order valence-corrected chi connectivity index (χ2v) is 3.86. The SMILES string of the molecule is Cc1cc(C)cc(Oc2c[nH]c(=O)[nH]c2=O)c1. The molecule has 0 saturated heterocycles. The summed E-state index contributed by atoms with van der Waals surface area (Å²) in [5, 5.41) is 0. The molecule has 0 amide bonds. The number of H-pyrrole nitrogens is 2. The van der Waals surface area contributed by atoms with Crippen molar-refractivity contribution in [2.75, 3.05) is 0 Å². The Kier molecular flexibility index (Phi) is 2.82. The van der Waals surface area contributed by atoms with E-state index in [2.05, 4.69) is 9.97 Å². The molecule has 88 valence electrons. The van der Waals surface area contributed by atoms with Gasteiger partial charge in [-0.25, -0.2) is 4.79 Å². The van der Waals surface area contributed by atoms with Gasteiger partial charge in [-0.1, -0.05) is 6.07 Å². The first-order valence-corrected chi connectivity index (χ1v) is 5.13. The molecule has 0 aliphatic rings. The van der Waals surface area contributed by atoms with Gasteiger partial charge in [0.25, 0.3) is 5.56 Å². The van der Waals surface area contributed by atoms with Gasteiger partial charge in [0.1, 0.15) is 5.75 Å². The van der Waals surface area contributed by atoms with Crippen LogP contribution in [-0.2, 0) is 0 Å². The average Bonchev–Trinajstić information content (AvgIpc) is 2.21. The number of nitrogens with one attached hydrogen (secondary N) is 2. The smallest absolute Gasteiger partial charge is 0.325 e. The lowest BCUT2D eigenvalue weighted by molar-refractivity contribution is 0.470. The summed E-state index contributed by atoms with van der Waals surface area (Å²) in [6.07, 6.45) is 1.25. The van der Waals surface area contributed by atoms with E-state index in [1.807, 2.05) is 32.0 Å². The molecule has 0 unspecified atom stereocenters. The summed E-state index contributed by atoms with van der Waals surface area (Å²) in [5.74, 6) is 0.634. The lowest BCUT2D eigenvalue weighted by Crippen LogP contribution is -2.21. The topological polar surface area (TPSA) is 75.0 Å². The lowest BCUT2D eigenvalue weighted by atomic mass is 10.1. The zero-order valence-electron chi connectivity index (χ0n) is 9.53. The Morgan fingerprint density at radius 3 is 2.29 bits per heavy atom. The van der Waals surface area contributed by atoms with Crippen molar-refractivity contribution < 1.29 is 4.74 Å². The Morgan fingerprint density at radius 1 is 1.06 bits per heavy atom. The standard InChI is InChI=1S/C12H12N2O3/c1-7-3-8(2)5-9(4-7)17-10-6-13-12(16)14-11(10)15/h3-6H,1-2H3,(H2,13,14,15,16). The Hall–Kier alpha value is -2.30. The molecule has 0 spiro atoms. The third kappa shape index (κ3) is 2.63. The van der Waals surface area contributed by atoms with Crippen molar-refractivity contribution in [3.63, 3.8) is 0 Å². The van der Waals surface area contributed by atoms with Crippen LogP contribution in [0, 0.1) is 13.8 Å². The first-order chi connectivity index (χ1) is 8.04. The van der Waals surface area contributed by atoms with Gasteiger partial charge in [-0.3, -0.25) is 9.78 Å². The first kappa shape index (κ1) is 11.2. The van der Waals surface area contributed by atoms with E-state index in [-0.39, 0.29) is 5.75 Å².